The smallest absolute Gasteiger partial charge is 0.294 e. The quantitative estimate of drug-likeness (QED) is 0.455. The molecule has 17 heavy (non-hydrogen) atoms. The molecule has 0 atom stereocenters. The lowest BCUT2D eigenvalue weighted by Crippen LogP contribution is -1.94. The molecule has 2 aromatic rings. The minimum atomic E-state index is -0.543. The van der Waals surface area contributed by atoms with Gasteiger partial charge in [-0.05, 0) is 6.07 Å². The molecule has 7 heteroatoms. The van der Waals surface area contributed by atoms with E-state index in [-0.39, 0.29) is 28.7 Å². The maximum Gasteiger partial charge on any atom is 0.294 e. The summed E-state index contributed by atoms with van der Waals surface area (Å²) < 4.78 is 4.68. The Labute approximate surface area is 95.2 Å². The molecule has 0 saturated heterocycles. The second-order valence-corrected chi connectivity index (χ2v) is 3.25. The number of ketones is 1. The zero-order valence-electron chi connectivity index (χ0n) is 8.78. The molecule has 0 amide bonds. The van der Waals surface area contributed by atoms with Crippen LogP contribution in [-0.4, -0.2) is 20.8 Å². The summed E-state index contributed by atoms with van der Waals surface area (Å²) in [6.45, 7) is 1.27. The standard InChI is InChI=1S/C10H7N3O4/c1-6(14)10-11-9(12-17-10)7-4-2-3-5-8(7)13(15)16/h2-5H,1H3. The van der Waals surface area contributed by atoms with Crippen molar-refractivity contribution in [1.29, 1.82) is 0 Å². The van der Waals surface area contributed by atoms with Gasteiger partial charge in [-0.1, -0.05) is 17.3 Å². The van der Waals surface area contributed by atoms with Crippen LogP contribution < -0.4 is 0 Å². The monoisotopic (exact) mass is 233 g/mol. The van der Waals surface area contributed by atoms with Crippen molar-refractivity contribution in [2.45, 2.75) is 6.92 Å². The highest BCUT2D eigenvalue weighted by Crippen LogP contribution is 2.26. The Morgan fingerprint density at radius 2 is 2.12 bits per heavy atom. The molecule has 0 aliphatic rings. The molecule has 2 rings (SSSR count). The number of nitrogens with zero attached hydrogens (tertiary/aromatic N) is 3. The molecule has 7 nitrogen and oxygen atoms in total. The second-order valence-electron chi connectivity index (χ2n) is 3.25. The van der Waals surface area contributed by atoms with E-state index in [1.54, 1.807) is 6.07 Å². The van der Waals surface area contributed by atoms with Crippen molar-refractivity contribution in [3.8, 4) is 11.4 Å². The molecule has 0 fully saturated rings. The van der Waals surface area contributed by atoms with E-state index in [4.69, 9.17) is 0 Å². The normalized spacial score (nSPS) is 10.2. The minimum Gasteiger partial charge on any atom is -0.330 e. The lowest BCUT2D eigenvalue weighted by molar-refractivity contribution is -0.384. The van der Waals surface area contributed by atoms with Crippen molar-refractivity contribution in [3.05, 3.63) is 40.3 Å². The van der Waals surface area contributed by atoms with Crippen molar-refractivity contribution < 1.29 is 14.2 Å². The number of nitro benzene ring substituents is 1. The lowest BCUT2D eigenvalue weighted by Gasteiger charge is -1.95. The first-order valence-corrected chi connectivity index (χ1v) is 4.68. The summed E-state index contributed by atoms with van der Waals surface area (Å²) in [6, 6.07) is 5.98. The van der Waals surface area contributed by atoms with E-state index in [1.165, 1.54) is 25.1 Å². The van der Waals surface area contributed by atoms with Crippen LogP contribution in [-0.2, 0) is 0 Å². The van der Waals surface area contributed by atoms with Gasteiger partial charge in [0, 0.05) is 13.0 Å². The first kappa shape index (κ1) is 10.9. The molecule has 86 valence electrons. The predicted molar refractivity (Wildman–Crippen MR) is 56.4 cm³/mol. The lowest BCUT2D eigenvalue weighted by atomic mass is 10.2. The Kier molecular flexibility index (Phi) is 2.65. The third-order valence-electron chi connectivity index (χ3n) is 2.07. The fraction of sp³-hybridized carbons (Fsp3) is 0.100. The van der Waals surface area contributed by atoms with Crippen LogP contribution in [0.25, 0.3) is 11.4 Å². The fourth-order valence-electron chi connectivity index (χ4n) is 1.30. The average molecular weight is 233 g/mol. The number of rotatable bonds is 3. The van der Waals surface area contributed by atoms with Crippen LogP contribution >= 0.6 is 0 Å². The highest BCUT2D eigenvalue weighted by atomic mass is 16.6. The van der Waals surface area contributed by atoms with Crippen LogP contribution in [0.5, 0.6) is 0 Å². The van der Waals surface area contributed by atoms with E-state index in [9.17, 15) is 14.9 Å². The summed E-state index contributed by atoms with van der Waals surface area (Å²) in [4.78, 5) is 25.0. The number of hydrogen-bond donors (Lipinski definition) is 0. The zero-order chi connectivity index (χ0) is 12.4. The molecule has 0 radical (unpaired) electrons. The third kappa shape index (κ3) is 2.03. The number of benzene rings is 1. The highest BCUT2D eigenvalue weighted by Gasteiger charge is 2.20. The second kappa shape index (κ2) is 4.12. The Hall–Kier alpha value is -2.57. The largest absolute Gasteiger partial charge is 0.330 e. The van der Waals surface area contributed by atoms with Gasteiger partial charge in [-0.3, -0.25) is 14.9 Å². The van der Waals surface area contributed by atoms with Gasteiger partial charge < -0.3 is 4.52 Å². The maximum absolute atomic E-state index is 11.0. The molecular weight excluding hydrogens is 226 g/mol. The molecule has 0 N–H and O–H groups in total. The number of hydrogen-bond acceptors (Lipinski definition) is 6. The SMILES string of the molecule is CC(=O)c1nc(-c2ccccc2[N+](=O)[O-])no1. The van der Waals surface area contributed by atoms with E-state index in [2.05, 4.69) is 14.7 Å². The van der Waals surface area contributed by atoms with Crippen LogP contribution in [0, 0.1) is 10.1 Å². The van der Waals surface area contributed by atoms with Crippen molar-refractivity contribution in [3.63, 3.8) is 0 Å². The molecule has 0 saturated carbocycles. The van der Waals surface area contributed by atoms with E-state index in [0.29, 0.717) is 0 Å². The van der Waals surface area contributed by atoms with Gasteiger partial charge in [0.25, 0.3) is 11.6 Å². The van der Waals surface area contributed by atoms with Gasteiger partial charge in [0.15, 0.2) is 0 Å². The summed E-state index contributed by atoms with van der Waals surface area (Å²) in [5.74, 6) is -0.525. The molecule has 1 aromatic carbocycles. The Morgan fingerprint density at radius 3 is 2.71 bits per heavy atom. The fourth-order valence-corrected chi connectivity index (χ4v) is 1.30. The number of carbonyl (C=O) groups is 1. The molecule has 1 aromatic heterocycles. The first-order chi connectivity index (χ1) is 8.09. The Bertz CT molecular complexity index is 591. The first-order valence-electron chi connectivity index (χ1n) is 4.68. The summed E-state index contributed by atoms with van der Waals surface area (Å²) in [6.07, 6.45) is 0. The molecule has 0 unspecified atom stereocenters. The van der Waals surface area contributed by atoms with Crippen molar-refractivity contribution >= 4 is 11.5 Å². The number of para-hydroxylation sites is 1. The summed E-state index contributed by atoms with van der Waals surface area (Å²) in [5, 5.41) is 14.3. The van der Waals surface area contributed by atoms with Gasteiger partial charge in [0.1, 0.15) is 5.56 Å². The zero-order valence-corrected chi connectivity index (χ0v) is 8.78. The number of nitro groups is 1. The molecule has 0 spiro atoms. The van der Waals surface area contributed by atoms with E-state index >= 15 is 0 Å². The molecule has 0 bridgehead atoms. The van der Waals surface area contributed by atoms with Gasteiger partial charge in [0.05, 0.1) is 4.92 Å². The maximum atomic E-state index is 11.0. The molecule has 1 heterocycles. The van der Waals surface area contributed by atoms with Crippen LogP contribution in [0.2, 0.25) is 0 Å². The van der Waals surface area contributed by atoms with Crippen LogP contribution in [0.4, 0.5) is 5.69 Å². The molecule has 0 aliphatic heterocycles. The van der Waals surface area contributed by atoms with Crippen molar-refractivity contribution in [2.75, 3.05) is 0 Å². The van der Waals surface area contributed by atoms with Gasteiger partial charge in [-0.25, -0.2) is 0 Å². The number of aromatic nitrogens is 2. The Balaban J connectivity index is 2.52. The summed E-state index contributed by atoms with van der Waals surface area (Å²) in [7, 11) is 0. The topological polar surface area (TPSA) is 99.1 Å². The van der Waals surface area contributed by atoms with Gasteiger partial charge in [0.2, 0.25) is 11.6 Å². The van der Waals surface area contributed by atoms with E-state index in [0.717, 1.165) is 0 Å². The van der Waals surface area contributed by atoms with Crippen molar-refractivity contribution in [1.82, 2.24) is 10.1 Å². The number of Topliss-reactive ketones (excluding diaryl/α,β-unsaturated/α-hetero) is 1. The van der Waals surface area contributed by atoms with Crippen LogP contribution in [0.15, 0.2) is 28.8 Å². The predicted octanol–water partition coefficient (Wildman–Crippen LogP) is 1.85. The minimum absolute atomic E-state index is 0.0301. The molecule has 0 aliphatic carbocycles. The van der Waals surface area contributed by atoms with Crippen LogP contribution in [0.3, 0.4) is 0 Å². The van der Waals surface area contributed by atoms with E-state index in [1.807, 2.05) is 0 Å². The van der Waals surface area contributed by atoms with Gasteiger partial charge >= 0.3 is 0 Å². The average Bonchev–Trinajstić information content (AvgIpc) is 2.78. The summed E-state index contributed by atoms with van der Waals surface area (Å²) in [5.41, 5.74) is 0.0807. The Morgan fingerprint density at radius 1 is 1.41 bits per heavy atom. The van der Waals surface area contributed by atoms with Gasteiger partial charge in [-0.15, -0.1) is 0 Å². The highest BCUT2D eigenvalue weighted by molar-refractivity contribution is 5.89. The van der Waals surface area contributed by atoms with Gasteiger partial charge in [-0.2, -0.15) is 4.98 Å². The summed E-state index contributed by atoms with van der Waals surface area (Å²) >= 11 is 0. The molecular formula is C10H7N3O4. The van der Waals surface area contributed by atoms with Crippen molar-refractivity contribution in [2.24, 2.45) is 0 Å². The van der Waals surface area contributed by atoms with Crippen LogP contribution in [0.1, 0.15) is 17.6 Å². The number of carbonyl (C=O) groups excluding carboxylic acids is 1. The van der Waals surface area contributed by atoms with E-state index < -0.39 is 4.92 Å². The third-order valence-corrected chi connectivity index (χ3v) is 2.07.